The molecule has 0 amide bonds. The Morgan fingerprint density at radius 1 is 1.69 bits per heavy atom. The summed E-state index contributed by atoms with van der Waals surface area (Å²) in [5.74, 6) is -1.02. The average Bonchev–Trinajstić information content (AvgIpc) is 2.15. The number of halogens is 2. The zero-order valence-corrected chi connectivity index (χ0v) is 8.52. The van der Waals surface area contributed by atoms with Crippen molar-refractivity contribution in [2.24, 2.45) is 0 Å². The van der Waals surface area contributed by atoms with Crippen LogP contribution in [0.15, 0.2) is 12.3 Å². The highest BCUT2D eigenvalue weighted by molar-refractivity contribution is 5.89. The second-order valence-corrected chi connectivity index (χ2v) is 3.21. The number of anilines is 2. The van der Waals surface area contributed by atoms with E-state index in [1.807, 2.05) is 0 Å². The summed E-state index contributed by atoms with van der Waals surface area (Å²) in [5, 5.41) is 8.66. The fraction of sp³-hybridized carbons (Fsp3) is 0.333. The third-order valence-corrected chi connectivity index (χ3v) is 1.92. The van der Waals surface area contributed by atoms with Crippen LogP contribution in [0.1, 0.15) is 10.4 Å². The molecule has 0 saturated carbocycles. The molecular formula is C9H11F2N3O2. The summed E-state index contributed by atoms with van der Waals surface area (Å²) in [5.41, 5.74) is 5.50. The Labute approximate surface area is 90.5 Å². The van der Waals surface area contributed by atoms with E-state index in [9.17, 15) is 13.6 Å². The maximum absolute atomic E-state index is 12.1. The van der Waals surface area contributed by atoms with Crippen molar-refractivity contribution in [2.75, 3.05) is 24.2 Å². The molecule has 0 radical (unpaired) electrons. The average molecular weight is 231 g/mol. The molecule has 16 heavy (non-hydrogen) atoms. The van der Waals surface area contributed by atoms with E-state index in [1.54, 1.807) is 0 Å². The van der Waals surface area contributed by atoms with Crippen LogP contribution in [0.2, 0.25) is 0 Å². The minimum atomic E-state index is -2.51. The lowest BCUT2D eigenvalue weighted by molar-refractivity contribution is 0.0696. The van der Waals surface area contributed by atoms with Gasteiger partial charge in [0.05, 0.1) is 17.8 Å². The van der Waals surface area contributed by atoms with Gasteiger partial charge in [0.25, 0.3) is 6.43 Å². The molecule has 88 valence electrons. The smallest absolute Gasteiger partial charge is 0.337 e. The molecule has 5 nitrogen and oxygen atoms in total. The summed E-state index contributed by atoms with van der Waals surface area (Å²) in [4.78, 5) is 15.5. The number of carboxylic acid groups (broad SMARTS) is 1. The van der Waals surface area contributed by atoms with E-state index in [0.29, 0.717) is 0 Å². The number of nitrogen functional groups attached to an aromatic ring is 1. The van der Waals surface area contributed by atoms with Gasteiger partial charge >= 0.3 is 5.97 Å². The van der Waals surface area contributed by atoms with E-state index < -0.39 is 18.9 Å². The van der Waals surface area contributed by atoms with Crippen LogP contribution in [-0.2, 0) is 0 Å². The highest BCUT2D eigenvalue weighted by Gasteiger charge is 2.14. The minimum absolute atomic E-state index is 0.0584. The van der Waals surface area contributed by atoms with Gasteiger partial charge in [-0.3, -0.25) is 0 Å². The van der Waals surface area contributed by atoms with E-state index in [1.165, 1.54) is 18.0 Å². The number of carboxylic acids is 1. The summed E-state index contributed by atoms with van der Waals surface area (Å²) >= 11 is 0. The molecule has 1 aromatic rings. The quantitative estimate of drug-likeness (QED) is 0.810. The van der Waals surface area contributed by atoms with Gasteiger partial charge in [0.2, 0.25) is 0 Å². The molecule has 0 unspecified atom stereocenters. The maximum atomic E-state index is 12.1. The first kappa shape index (κ1) is 12.2. The van der Waals surface area contributed by atoms with Crippen molar-refractivity contribution in [1.29, 1.82) is 0 Å². The highest BCUT2D eigenvalue weighted by atomic mass is 19.3. The number of nitrogens with zero attached hydrogens (tertiary/aromatic N) is 2. The fourth-order valence-electron chi connectivity index (χ4n) is 1.20. The second kappa shape index (κ2) is 4.73. The monoisotopic (exact) mass is 231 g/mol. The highest BCUT2D eigenvalue weighted by Crippen LogP contribution is 2.20. The summed E-state index contributed by atoms with van der Waals surface area (Å²) < 4.78 is 24.2. The predicted molar refractivity (Wildman–Crippen MR) is 54.9 cm³/mol. The van der Waals surface area contributed by atoms with E-state index in [4.69, 9.17) is 10.8 Å². The van der Waals surface area contributed by atoms with Crippen LogP contribution in [-0.4, -0.2) is 36.1 Å². The normalized spacial score (nSPS) is 10.5. The van der Waals surface area contributed by atoms with Gasteiger partial charge in [-0.25, -0.2) is 18.6 Å². The van der Waals surface area contributed by atoms with Crippen LogP contribution >= 0.6 is 0 Å². The predicted octanol–water partition coefficient (Wildman–Crippen LogP) is 1.06. The number of rotatable bonds is 4. The Hall–Kier alpha value is -1.92. The van der Waals surface area contributed by atoms with Crippen molar-refractivity contribution >= 4 is 17.5 Å². The van der Waals surface area contributed by atoms with Gasteiger partial charge in [0, 0.05) is 13.2 Å². The van der Waals surface area contributed by atoms with Gasteiger partial charge in [0.15, 0.2) is 5.82 Å². The Kier molecular flexibility index (Phi) is 3.60. The third kappa shape index (κ3) is 2.78. The molecule has 0 bridgehead atoms. The van der Waals surface area contributed by atoms with Crippen molar-refractivity contribution < 1.29 is 18.7 Å². The van der Waals surface area contributed by atoms with Gasteiger partial charge in [0.1, 0.15) is 0 Å². The van der Waals surface area contributed by atoms with Crippen LogP contribution in [0.3, 0.4) is 0 Å². The van der Waals surface area contributed by atoms with Crippen molar-refractivity contribution in [2.45, 2.75) is 6.43 Å². The number of carbonyl (C=O) groups is 1. The lowest BCUT2D eigenvalue weighted by atomic mass is 10.2. The molecule has 1 rings (SSSR count). The molecule has 7 heteroatoms. The molecule has 1 heterocycles. The Balaban J connectivity index is 2.94. The number of alkyl halides is 2. The molecule has 0 atom stereocenters. The number of nitrogens with two attached hydrogens (primary N) is 1. The van der Waals surface area contributed by atoms with Crippen LogP contribution in [0, 0.1) is 0 Å². The number of hydrogen-bond donors (Lipinski definition) is 2. The SMILES string of the molecule is CN(CC(F)F)c1ncc(C(=O)O)cc1N. The summed E-state index contributed by atoms with van der Waals surface area (Å²) in [7, 11) is 1.41. The molecule has 1 aromatic heterocycles. The summed E-state index contributed by atoms with van der Waals surface area (Å²) in [6.07, 6.45) is -1.43. The van der Waals surface area contributed by atoms with Crippen molar-refractivity contribution in [3.05, 3.63) is 17.8 Å². The van der Waals surface area contributed by atoms with Crippen LogP contribution in [0.25, 0.3) is 0 Å². The van der Waals surface area contributed by atoms with Gasteiger partial charge in [-0.05, 0) is 6.07 Å². The molecule has 0 spiro atoms. The molecule has 0 fully saturated rings. The molecule has 0 aliphatic heterocycles. The maximum Gasteiger partial charge on any atom is 0.337 e. The Bertz CT molecular complexity index is 398. The molecule has 0 aliphatic carbocycles. The van der Waals surface area contributed by atoms with Crippen LogP contribution in [0.5, 0.6) is 0 Å². The number of pyridine rings is 1. The lowest BCUT2D eigenvalue weighted by Crippen LogP contribution is -2.26. The largest absolute Gasteiger partial charge is 0.478 e. The Morgan fingerprint density at radius 2 is 2.31 bits per heavy atom. The number of aromatic carboxylic acids is 1. The van der Waals surface area contributed by atoms with E-state index >= 15 is 0 Å². The van der Waals surface area contributed by atoms with Crippen LogP contribution in [0.4, 0.5) is 20.3 Å². The molecule has 0 aliphatic rings. The molecule has 0 saturated heterocycles. The van der Waals surface area contributed by atoms with Gasteiger partial charge in [-0.2, -0.15) is 0 Å². The Morgan fingerprint density at radius 3 is 2.75 bits per heavy atom. The molecule has 3 N–H and O–H groups in total. The first-order chi connectivity index (χ1) is 7.41. The first-order valence-corrected chi connectivity index (χ1v) is 4.40. The zero-order chi connectivity index (χ0) is 12.3. The van der Waals surface area contributed by atoms with Crippen molar-refractivity contribution in [1.82, 2.24) is 4.98 Å². The van der Waals surface area contributed by atoms with Gasteiger partial charge in [-0.1, -0.05) is 0 Å². The minimum Gasteiger partial charge on any atom is -0.478 e. The molecule has 0 aromatic carbocycles. The summed E-state index contributed by atoms with van der Waals surface area (Å²) in [6.45, 7) is -0.510. The van der Waals surface area contributed by atoms with Crippen molar-refractivity contribution in [3.63, 3.8) is 0 Å². The third-order valence-electron chi connectivity index (χ3n) is 1.92. The number of hydrogen-bond acceptors (Lipinski definition) is 4. The molecular weight excluding hydrogens is 220 g/mol. The zero-order valence-electron chi connectivity index (χ0n) is 8.52. The van der Waals surface area contributed by atoms with Crippen LogP contribution < -0.4 is 10.6 Å². The summed E-state index contributed by atoms with van der Waals surface area (Å²) in [6, 6.07) is 1.19. The second-order valence-electron chi connectivity index (χ2n) is 3.21. The lowest BCUT2D eigenvalue weighted by Gasteiger charge is -2.19. The fourth-order valence-corrected chi connectivity index (χ4v) is 1.20. The van der Waals surface area contributed by atoms with Crippen molar-refractivity contribution in [3.8, 4) is 0 Å². The number of aromatic nitrogens is 1. The first-order valence-electron chi connectivity index (χ1n) is 4.40. The topological polar surface area (TPSA) is 79.5 Å². The van der Waals surface area contributed by atoms with Gasteiger partial charge < -0.3 is 15.7 Å². The van der Waals surface area contributed by atoms with E-state index in [2.05, 4.69) is 4.98 Å². The van der Waals surface area contributed by atoms with E-state index in [0.717, 1.165) is 6.20 Å². The standard InChI is InChI=1S/C9H11F2N3O2/c1-14(4-7(10)11)8-6(12)2-5(3-13-8)9(15)16/h2-3,7H,4,12H2,1H3,(H,15,16). The van der Waals surface area contributed by atoms with E-state index in [-0.39, 0.29) is 17.1 Å². The van der Waals surface area contributed by atoms with Gasteiger partial charge in [-0.15, -0.1) is 0 Å².